The van der Waals surface area contributed by atoms with Crippen molar-refractivity contribution in [2.45, 2.75) is 58.5 Å². The van der Waals surface area contributed by atoms with Crippen molar-refractivity contribution in [3.05, 3.63) is 0 Å². The van der Waals surface area contributed by atoms with Gasteiger partial charge in [-0.05, 0) is 19.3 Å². The zero-order valence-electron chi connectivity index (χ0n) is 11.0. The van der Waals surface area contributed by atoms with Gasteiger partial charge in [0.25, 0.3) is 0 Å². The van der Waals surface area contributed by atoms with E-state index >= 15 is 0 Å². The third-order valence-electron chi connectivity index (χ3n) is 2.57. The fourth-order valence-electron chi connectivity index (χ4n) is 1.56. The van der Waals surface area contributed by atoms with Crippen molar-refractivity contribution in [1.29, 1.82) is 0 Å². The van der Waals surface area contributed by atoms with E-state index in [1.54, 1.807) is 0 Å². The first-order valence-electron chi connectivity index (χ1n) is 6.17. The topological polar surface area (TPSA) is 98.2 Å². The molecule has 0 fully saturated rings. The van der Waals surface area contributed by atoms with Gasteiger partial charge in [0.15, 0.2) is 0 Å². The molecule has 0 aromatic heterocycles. The molecule has 2 amide bonds. The Hall–Kier alpha value is -1.10. The summed E-state index contributed by atoms with van der Waals surface area (Å²) >= 11 is 0. The number of carbonyl (C=O) groups is 2. The van der Waals surface area contributed by atoms with Crippen molar-refractivity contribution in [2.75, 3.05) is 0 Å². The van der Waals surface area contributed by atoms with Gasteiger partial charge in [-0.2, -0.15) is 0 Å². The van der Waals surface area contributed by atoms with Crippen molar-refractivity contribution in [2.24, 2.45) is 17.4 Å². The first kappa shape index (κ1) is 15.9. The maximum Gasteiger partial charge on any atom is 0.237 e. The second-order valence-electron chi connectivity index (χ2n) is 5.01. The van der Waals surface area contributed by atoms with Crippen LogP contribution in [0.2, 0.25) is 0 Å². The zero-order valence-corrected chi connectivity index (χ0v) is 11.0. The van der Waals surface area contributed by atoms with Crippen molar-refractivity contribution in [3.63, 3.8) is 0 Å². The maximum absolute atomic E-state index is 11.5. The van der Waals surface area contributed by atoms with E-state index < -0.39 is 11.9 Å². The van der Waals surface area contributed by atoms with Crippen LogP contribution in [0.1, 0.15) is 46.5 Å². The third kappa shape index (κ3) is 8.68. The van der Waals surface area contributed by atoms with Crippen LogP contribution >= 0.6 is 0 Å². The van der Waals surface area contributed by atoms with Crippen LogP contribution in [0.4, 0.5) is 0 Å². The molecule has 17 heavy (non-hydrogen) atoms. The van der Waals surface area contributed by atoms with Gasteiger partial charge >= 0.3 is 0 Å². The van der Waals surface area contributed by atoms with Gasteiger partial charge in [-0.1, -0.05) is 26.7 Å². The van der Waals surface area contributed by atoms with Crippen molar-refractivity contribution < 1.29 is 9.59 Å². The van der Waals surface area contributed by atoms with Gasteiger partial charge < -0.3 is 16.8 Å². The second kappa shape index (κ2) is 8.06. The Balaban J connectivity index is 3.82. The molecular weight excluding hydrogens is 218 g/mol. The molecule has 2 atom stereocenters. The van der Waals surface area contributed by atoms with Crippen LogP contribution in [-0.2, 0) is 9.59 Å². The van der Waals surface area contributed by atoms with E-state index in [0.717, 1.165) is 19.3 Å². The summed E-state index contributed by atoms with van der Waals surface area (Å²) in [6, 6.07) is -0.750. The zero-order chi connectivity index (χ0) is 13.4. The normalized spacial score (nSPS) is 14.4. The smallest absolute Gasteiger partial charge is 0.237 e. The van der Waals surface area contributed by atoms with Crippen LogP contribution in [0.5, 0.6) is 0 Å². The van der Waals surface area contributed by atoms with Gasteiger partial charge in [0.05, 0.1) is 12.5 Å². The molecule has 0 saturated heterocycles. The van der Waals surface area contributed by atoms with E-state index in [0.29, 0.717) is 5.92 Å². The van der Waals surface area contributed by atoms with Crippen LogP contribution in [-0.4, -0.2) is 23.9 Å². The van der Waals surface area contributed by atoms with Gasteiger partial charge in [-0.25, -0.2) is 0 Å². The minimum Gasteiger partial charge on any atom is -0.370 e. The molecule has 0 aliphatic rings. The summed E-state index contributed by atoms with van der Waals surface area (Å²) in [7, 11) is 0. The standard InChI is InChI=1S/C12H25N3O2/c1-8(2)5-4-6-9(3)15-12(17)10(13)7-11(14)16/h8-10H,4-7,13H2,1-3H3,(H2,14,16)(H,15,17). The molecule has 0 heterocycles. The Morgan fingerprint density at radius 2 is 1.76 bits per heavy atom. The highest BCUT2D eigenvalue weighted by molar-refractivity contribution is 5.87. The molecule has 5 N–H and O–H groups in total. The lowest BCUT2D eigenvalue weighted by Gasteiger charge is -2.17. The number of hydrogen-bond donors (Lipinski definition) is 3. The van der Waals surface area contributed by atoms with Crippen LogP contribution in [0.25, 0.3) is 0 Å². The predicted octanol–water partition coefficient (Wildman–Crippen LogP) is 0.520. The lowest BCUT2D eigenvalue weighted by molar-refractivity contribution is -0.126. The minimum atomic E-state index is -0.833. The van der Waals surface area contributed by atoms with Gasteiger partial charge in [0.1, 0.15) is 0 Å². The Labute approximate surface area is 103 Å². The lowest BCUT2D eigenvalue weighted by Crippen LogP contribution is -2.46. The molecule has 0 aliphatic heterocycles. The second-order valence-corrected chi connectivity index (χ2v) is 5.01. The summed E-state index contributed by atoms with van der Waals surface area (Å²) in [4.78, 5) is 22.2. The van der Waals surface area contributed by atoms with Gasteiger partial charge in [-0.15, -0.1) is 0 Å². The number of carbonyl (C=O) groups excluding carboxylic acids is 2. The quantitative estimate of drug-likeness (QED) is 0.579. The lowest BCUT2D eigenvalue weighted by atomic mass is 10.0. The van der Waals surface area contributed by atoms with Crippen molar-refractivity contribution in [3.8, 4) is 0 Å². The monoisotopic (exact) mass is 243 g/mol. The van der Waals surface area contributed by atoms with Gasteiger partial charge in [-0.3, -0.25) is 9.59 Å². The van der Waals surface area contributed by atoms with E-state index in [9.17, 15) is 9.59 Å². The van der Waals surface area contributed by atoms with Gasteiger partial charge in [0, 0.05) is 6.04 Å². The summed E-state index contributed by atoms with van der Waals surface area (Å²) in [5.41, 5.74) is 10.5. The van der Waals surface area contributed by atoms with E-state index in [1.807, 2.05) is 6.92 Å². The summed E-state index contributed by atoms with van der Waals surface area (Å²) in [5.74, 6) is -0.184. The van der Waals surface area contributed by atoms with Crippen LogP contribution in [0.3, 0.4) is 0 Å². The Bertz CT molecular complexity index is 254. The molecule has 0 bridgehead atoms. The Morgan fingerprint density at radius 1 is 1.18 bits per heavy atom. The summed E-state index contributed by atoms with van der Waals surface area (Å²) in [6.45, 7) is 6.28. The maximum atomic E-state index is 11.5. The Kier molecular flexibility index (Phi) is 7.54. The molecule has 5 nitrogen and oxygen atoms in total. The average molecular weight is 243 g/mol. The van der Waals surface area contributed by atoms with Gasteiger partial charge in [0.2, 0.25) is 11.8 Å². The summed E-state index contributed by atoms with van der Waals surface area (Å²) in [6.07, 6.45) is 3.04. The molecule has 0 rings (SSSR count). The molecule has 0 spiro atoms. The summed E-state index contributed by atoms with van der Waals surface area (Å²) in [5, 5.41) is 2.79. The molecule has 0 aliphatic carbocycles. The van der Waals surface area contributed by atoms with Crippen LogP contribution < -0.4 is 16.8 Å². The predicted molar refractivity (Wildman–Crippen MR) is 68.1 cm³/mol. The molecule has 0 aromatic carbocycles. The Morgan fingerprint density at radius 3 is 2.24 bits per heavy atom. The highest BCUT2D eigenvalue weighted by Crippen LogP contribution is 2.08. The molecule has 0 aromatic rings. The summed E-state index contributed by atoms with van der Waals surface area (Å²) < 4.78 is 0. The first-order valence-corrected chi connectivity index (χ1v) is 6.17. The number of nitrogens with two attached hydrogens (primary N) is 2. The molecule has 100 valence electrons. The molecule has 0 saturated carbocycles. The highest BCUT2D eigenvalue weighted by Gasteiger charge is 2.17. The molecule has 0 radical (unpaired) electrons. The molecule has 2 unspecified atom stereocenters. The number of hydrogen-bond acceptors (Lipinski definition) is 3. The SMILES string of the molecule is CC(C)CCCC(C)NC(=O)C(N)CC(N)=O. The van der Waals surface area contributed by atoms with Crippen LogP contribution in [0.15, 0.2) is 0 Å². The number of primary amides is 1. The third-order valence-corrected chi connectivity index (χ3v) is 2.57. The highest BCUT2D eigenvalue weighted by atomic mass is 16.2. The first-order chi connectivity index (χ1) is 7.82. The van der Waals surface area contributed by atoms with Crippen molar-refractivity contribution >= 4 is 11.8 Å². The van der Waals surface area contributed by atoms with E-state index in [1.165, 1.54) is 0 Å². The fourth-order valence-corrected chi connectivity index (χ4v) is 1.56. The van der Waals surface area contributed by atoms with Crippen molar-refractivity contribution in [1.82, 2.24) is 5.32 Å². The fraction of sp³-hybridized carbons (Fsp3) is 0.833. The molecular formula is C12H25N3O2. The number of amides is 2. The number of rotatable bonds is 8. The minimum absolute atomic E-state index is 0.0835. The largest absolute Gasteiger partial charge is 0.370 e. The molecule has 5 heteroatoms. The average Bonchev–Trinajstić information content (AvgIpc) is 2.15. The van der Waals surface area contributed by atoms with E-state index in [4.69, 9.17) is 11.5 Å². The van der Waals surface area contributed by atoms with Crippen LogP contribution in [0, 0.1) is 5.92 Å². The van der Waals surface area contributed by atoms with E-state index in [2.05, 4.69) is 19.2 Å². The van der Waals surface area contributed by atoms with E-state index in [-0.39, 0.29) is 18.4 Å². The number of nitrogens with one attached hydrogen (secondary N) is 1.